The zero-order valence-electron chi connectivity index (χ0n) is 17.5. The maximum Gasteiger partial charge on any atom is 0.406 e. The summed E-state index contributed by atoms with van der Waals surface area (Å²) < 4.78 is 47.5. The number of aliphatic hydroxyl groups is 1. The van der Waals surface area contributed by atoms with Gasteiger partial charge < -0.3 is 29.8 Å². The monoisotopic (exact) mass is 462 g/mol. The van der Waals surface area contributed by atoms with Gasteiger partial charge >= 0.3 is 6.18 Å². The summed E-state index contributed by atoms with van der Waals surface area (Å²) in [5.74, 6) is -0.432. The summed E-state index contributed by atoms with van der Waals surface area (Å²) >= 11 is 0. The molecule has 3 aromatic heterocycles. The van der Waals surface area contributed by atoms with E-state index >= 15 is 0 Å². The van der Waals surface area contributed by atoms with Crippen molar-refractivity contribution in [3.05, 3.63) is 54.2 Å². The lowest BCUT2D eigenvalue weighted by atomic mass is 10.2. The first-order valence-corrected chi connectivity index (χ1v) is 10.00. The lowest BCUT2D eigenvalue weighted by Crippen LogP contribution is -2.22. The van der Waals surface area contributed by atoms with Crippen LogP contribution < -0.4 is 11.1 Å². The summed E-state index contributed by atoms with van der Waals surface area (Å²) in [5.41, 5.74) is 7.02. The van der Waals surface area contributed by atoms with Crippen molar-refractivity contribution in [2.24, 2.45) is 0 Å². The fourth-order valence-electron chi connectivity index (χ4n) is 3.52. The van der Waals surface area contributed by atoms with Gasteiger partial charge in [0.05, 0.1) is 29.4 Å². The molecule has 0 bridgehead atoms. The Morgan fingerprint density at radius 1 is 1.33 bits per heavy atom. The lowest BCUT2D eigenvalue weighted by molar-refractivity contribution is -0.139. The summed E-state index contributed by atoms with van der Waals surface area (Å²) in [4.78, 5) is 16.5. The highest BCUT2D eigenvalue weighted by atomic mass is 19.4. The van der Waals surface area contributed by atoms with Gasteiger partial charge in [-0.25, -0.2) is 0 Å². The Kier molecular flexibility index (Phi) is 5.85. The Bertz CT molecular complexity index is 1290. The van der Waals surface area contributed by atoms with Crippen LogP contribution in [0.15, 0.2) is 47.2 Å². The molecule has 0 radical (unpaired) electrons. The van der Waals surface area contributed by atoms with Gasteiger partial charge in [0.2, 0.25) is 11.7 Å². The van der Waals surface area contributed by atoms with Crippen molar-refractivity contribution in [3.8, 4) is 11.5 Å². The van der Waals surface area contributed by atoms with E-state index in [0.717, 1.165) is 4.57 Å². The Hall–Kier alpha value is -3.80. The minimum Gasteiger partial charge on any atom is -0.398 e. The van der Waals surface area contributed by atoms with Crippen LogP contribution in [0.5, 0.6) is 0 Å². The number of nitrogens with one attached hydrogen (secondary N) is 1. The van der Waals surface area contributed by atoms with E-state index < -0.39 is 24.7 Å². The predicted octanol–water partition coefficient (Wildman–Crippen LogP) is 2.95. The van der Waals surface area contributed by atoms with Crippen molar-refractivity contribution in [2.75, 3.05) is 5.73 Å². The highest BCUT2D eigenvalue weighted by Gasteiger charge is 2.31. The number of hydrogen-bond acceptors (Lipinski definition) is 6. The summed E-state index contributed by atoms with van der Waals surface area (Å²) in [5, 5.41) is 16.3. The number of nitrogens with zero attached hydrogens (tertiary/aromatic N) is 4. The van der Waals surface area contributed by atoms with Crippen molar-refractivity contribution in [1.82, 2.24) is 24.6 Å². The molecule has 0 saturated carbocycles. The third kappa shape index (κ3) is 5.00. The normalized spacial score (nSPS) is 12.9. The molecule has 4 N–H and O–H groups in total. The molecule has 12 heteroatoms. The number of anilines is 1. The van der Waals surface area contributed by atoms with Crippen LogP contribution in [0.3, 0.4) is 0 Å². The predicted molar refractivity (Wildman–Crippen MR) is 113 cm³/mol. The summed E-state index contributed by atoms with van der Waals surface area (Å²) in [7, 11) is 0. The second-order valence-electron chi connectivity index (χ2n) is 7.65. The van der Waals surface area contributed by atoms with E-state index in [-0.39, 0.29) is 24.0 Å². The highest BCUT2D eigenvalue weighted by Crippen LogP contribution is 2.32. The largest absolute Gasteiger partial charge is 0.406 e. The number of carbonyl (C=O) groups is 1. The third-order valence-corrected chi connectivity index (χ3v) is 4.90. The van der Waals surface area contributed by atoms with E-state index in [2.05, 4.69) is 15.5 Å². The van der Waals surface area contributed by atoms with E-state index in [4.69, 9.17) is 10.3 Å². The number of nitrogens with two attached hydrogens (primary N) is 1. The molecular formula is C21H21F3N6O3. The van der Waals surface area contributed by atoms with Crippen LogP contribution in [-0.2, 0) is 19.6 Å². The third-order valence-electron chi connectivity index (χ3n) is 4.90. The van der Waals surface area contributed by atoms with Gasteiger partial charge in [0.15, 0.2) is 0 Å². The van der Waals surface area contributed by atoms with Gasteiger partial charge in [-0.1, -0.05) is 11.2 Å². The van der Waals surface area contributed by atoms with E-state index in [1.54, 1.807) is 42.1 Å². The minimum absolute atomic E-state index is 0.0264. The maximum absolute atomic E-state index is 13.2. The highest BCUT2D eigenvalue weighted by molar-refractivity contribution is 5.95. The number of amides is 1. The van der Waals surface area contributed by atoms with E-state index in [0.29, 0.717) is 28.7 Å². The SMILES string of the molecule is CC(O)Cn1ccc(C(=O)NCc2nc(-c3cc4c(N)cccc4n3CC(F)(F)F)no2)c1. The molecule has 33 heavy (non-hydrogen) atoms. The Morgan fingerprint density at radius 2 is 2.12 bits per heavy atom. The second-order valence-corrected chi connectivity index (χ2v) is 7.65. The second kappa shape index (κ2) is 8.62. The molecule has 0 spiro atoms. The van der Waals surface area contributed by atoms with Gasteiger partial charge in [-0.3, -0.25) is 4.79 Å². The fraction of sp³-hybridized carbons (Fsp3) is 0.286. The Morgan fingerprint density at radius 3 is 2.85 bits per heavy atom. The van der Waals surface area contributed by atoms with Gasteiger partial charge in [0, 0.05) is 30.0 Å². The van der Waals surface area contributed by atoms with Crippen LogP contribution >= 0.6 is 0 Å². The van der Waals surface area contributed by atoms with Crippen LogP contribution in [0, 0.1) is 0 Å². The van der Waals surface area contributed by atoms with E-state index in [1.807, 2.05) is 0 Å². The Balaban J connectivity index is 1.53. The zero-order chi connectivity index (χ0) is 23.8. The van der Waals surface area contributed by atoms with E-state index in [1.165, 1.54) is 12.1 Å². The molecule has 174 valence electrons. The molecule has 0 aliphatic carbocycles. The van der Waals surface area contributed by atoms with Crippen LogP contribution in [-0.4, -0.2) is 42.6 Å². The van der Waals surface area contributed by atoms with Crippen LogP contribution in [0.4, 0.5) is 18.9 Å². The molecule has 1 atom stereocenters. The number of carbonyl (C=O) groups excluding carboxylic acids is 1. The molecule has 9 nitrogen and oxygen atoms in total. The van der Waals surface area contributed by atoms with Crippen molar-refractivity contribution in [1.29, 1.82) is 0 Å². The van der Waals surface area contributed by atoms with Gasteiger partial charge in [-0.15, -0.1) is 0 Å². The first-order valence-electron chi connectivity index (χ1n) is 10.00. The number of fused-ring (bicyclic) bond motifs is 1. The lowest BCUT2D eigenvalue weighted by Gasteiger charge is -2.11. The van der Waals surface area contributed by atoms with Gasteiger partial charge in [-0.05, 0) is 31.2 Å². The smallest absolute Gasteiger partial charge is 0.398 e. The number of nitrogen functional groups attached to an aromatic ring is 1. The molecule has 0 aliphatic rings. The van der Waals surface area contributed by atoms with Gasteiger partial charge in [0.1, 0.15) is 6.54 Å². The molecule has 4 rings (SSSR count). The van der Waals surface area contributed by atoms with Crippen LogP contribution in [0.25, 0.3) is 22.4 Å². The van der Waals surface area contributed by atoms with Crippen molar-refractivity contribution >= 4 is 22.5 Å². The molecule has 0 aliphatic heterocycles. The molecular weight excluding hydrogens is 441 g/mol. The average Bonchev–Trinajstić information content (AvgIpc) is 3.44. The van der Waals surface area contributed by atoms with E-state index in [9.17, 15) is 23.1 Å². The zero-order valence-corrected chi connectivity index (χ0v) is 17.5. The average molecular weight is 462 g/mol. The molecule has 4 aromatic rings. The number of hydrogen-bond donors (Lipinski definition) is 3. The quantitative estimate of drug-likeness (QED) is 0.363. The Labute approximate surface area is 185 Å². The van der Waals surface area contributed by atoms with Crippen molar-refractivity contribution < 1.29 is 27.6 Å². The molecule has 0 saturated heterocycles. The molecule has 3 heterocycles. The first-order chi connectivity index (χ1) is 15.6. The number of aliphatic hydroxyl groups excluding tert-OH is 1. The topological polar surface area (TPSA) is 124 Å². The minimum atomic E-state index is -4.48. The summed E-state index contributed by atoms with van der Waals surface area (Å²) in [6.07, 6.45) is -1.79. The van der Waals surface area contributed by atoms with Crippen molar-refractivity contribution in [2.45, 2.75) is 38.8 Å². The molecule has 1 unspecified atom stereocenters. The van der Waals surface area contributed by atoms with Crippen molar-refractivity contribution in [3.63, 3.8) is 0 Å². The molecule has 1 aromatic carbocycles. The summed E-state index contributed by atoms with van der Waals surface area (Å²) in [6, 6.07) is 7.77. The number of benzene rings is 1. The van der Waals surface area contributed by atoms with Gasteiger partial charge in [0.25, 0.3) is 5.91 Å². The van der Waals surface area contributed by atoms with Crippen LogP contribution in [0.2, 0.25) is 0 Å². The fourth-order valence-corrected chi connectivity index (χ4v) is 3.52. The van der Waals surface area contributed by atoms with Gasteiger partial charge in [-0.2, -0.15) is 18.2 Å². The standard InChI is InChI=1S/C21H21F3N6O3/c1-12(31)9-29-6-5-13(10-29)20(32)26-8-18-27-19(28-33-18)17-7-14-15(25)3-2-4-16(14)30(17)11-21(22,23)24/h2-7,10,12,31H,8-9,11,25H2,1H3,(H,26,32). The summed E-state index contributed by atoms with van der Waals surface area (Å²) in [6.45, 7) is 0.612. The number of rotatable bonds is 7. The van der Waals surface area contributed by atoms with Crippen LogP contribution in [0.1, 0.15) is 23.2 Å². The number of halogens is 3. The molecule has 1 amide bonds. The maximum atomic E-state index is 13.2. The first kappa shape index (κ1) is 22.4. The molecule has 0 fully saturated rings. The number of alkyl halides is 3. The number of aromatic nitrogens is 4.